The molecule has 2 heterocycles. The van der Waals surface area contributed by atoms with Gasteiger partial charge in [-0.05, 0) is 25.1 Å². The minimum absolute atomic E-state index is 0.221. The van der Waals surface area contributed by atoms with Crippen molar-refractivity contribution in [2.75, 3.05) is 6.54 Å². The number of aryl methyl sites for hydroxylation is 2. The average molecular weight is 283 g/mol. The molecule has 0 amide bonds. The zero-order valence-electron chi connectivity index (χ0n) is 12.5. The molecule has 0 spiro atoms. The summed E-state index contributed by atoms with van der Waals surface area (Å²) in [5.41, 5.74) is 0.951. The molecular weight excluding hydrogens is 262 g/mol. The van der Waals surface area contributed by atoms with Crippen molar-refractivity contribution in [3.63, 3.8) is 0 Å². The zero-order valence-corrected chi connectivity index (χ0v) is 12.5. The summed E-state index contributed by atoms with van der Waals surface area (Å²) in [4.78, 5) is 4.39. The number of rotatable bonds is 6. The Labute approximate surface area is 124 Å². The fourth-order valence-corrected chi connectivity index (χ4v) is 2.68. The highest BCUT2D eigenvalue weighted by molar-refractivity contribution is 5.77. The van der Waals surface area contributed by atoms with E-state index in [4.69, 9.17) is 4.42 Å². The quantitative estimate of drug-likeness (QED) is 0.753. The molecule has 0 fully saturated rings. The smallest absolute Gasteiger partial charge is 0.134 e. The second-order valence-corrected chi connectivity index (χ2v) is 5.29. The second-order valence-electron chi connectivity index (χ2n) is 5.29. The van der Waals surface area contributed by atoms with Crippen LogP contribution in [0.1, 0.15) is 31.0 Å². The molecular formula is C17H21N3O. The van der Waals surface area contributed by atoms with Gasteiger partial charge in [0.15, 0.2) is 0 Å². The lowest BCUT2D eigenvalue weighted by atomic mass is 10.1. The van der Waals surface area contributed by atoms with Gasteiger partial charge in [-0.25, -0.2) is 4.98 Å². The molecule has 4 heteroatoms. The summed E-state index contributed by atoms with van der Waals surface area (Å²) in [5, 5.41) is 4.67. The monoisotopic (exact) mass is 283 g/mol. The van der Waals surface area contributed by atoms with Crippen molar-refractivity contribution >= 4 is 11.0 Å². The Hall–Kier alpha value is -2.07. The van der Waals surface area contributed by atoms with Gasteiger partial charge < -0.3 is 14.3 Å². The van der Waals surface area contributed by atoms with Crippen molar-refractivity contribution in [3.05, 3.63) is 54.3 Å². The Morgan fingerprint density at radius 1 is 1.33 bits per heavy atom. The van der Waals surface area contributed by atoms with E-state index in [0.717, 1.165) is 41.9 Å². The standard InChI is InChI=1S/C17H21N3O/c1-3-18-14(8-9-17-19-10-11-20(17)2)16-12-13-6-4-5-7-15(13)21-16/h4-7,10-12,14,18H,3,8-9H2,1-2H3. The number of fused-ring (bicyclic) bond motifs is 1. The molecule has 0 saturated carbocycles. The molecule has 2 aromatic heterocycles. The maximum absolute atomic E-state index is 5.99. The number of imidazole rings is 1. The van der Waals surface area contributed by atoms with Gasteiger partial charge in [-0.2, -0.15) is 0 Å². The van der Waals surface area contributed by atoms with Crippen LogP contribution in [0.5, 0.6) is 0 Å². The van der Waals surface area contributed by atoms with Crippen LogP contribution < -0.4 is 5.32 Å². The van der Waals surface area contributed by atoms with Crippen LogP contribution in [0.2, 0.25) is 0 Å². The highest BCUT2D eigenvalue weighted by Gasteiger charge is 2.16. The second kappa shape index (κ2) is 6.14. The third kappa shape index (κ3) is 3.00. The van der Waals surface area contributed by atoms with Crippen LogP contribution in [0.4, 0.5) is 0 Å². The molecule has 3 rings (SSSR count). The van der Waals surface area contributed by atoms with Crippen molar-refractivity contribution in [3.8, 4) is 0 Å². The van der Waals surface area contributed by atoms with Gasteiger partial charge in [0.2, 0.25) is 0 Å². The lowest BCUT2D eigenvalue weighted by molar-refractivity contribution is 0.414. The van der Waals surface area contributed by atoms with E-state index in [9.17, 15) is 0 Å². The number of aromatic nitrogens is 2. The highest BCUT2D eigenvalue weighted by Crippen LogP contribution is 2.26. The van der Waals surface area contributed by atoms with Crippen molar-refractivity contribution < 1.29 is 4.42 Å². The summed E-state index contributed by atoms with van der Waals surface area (Å²) < 4.78 is 8.06. The fraction of sp³-hybridized carbons (Fsp3) is 0.353. The Bertz CT molecular complexity index is 680. The Kier molecular flexibility index (Phi) is 4.06. The number of hydrogen-bond donors (Lipinski definition) is 1. The maximum atomic E-state index is 5.99. The highest BCUT2D eigenvalue weighted by atomic mass is 16.3. The van der Waals surface area contributed by atoms with E-state index in [2.05, 4.69) is 33.9 Å². The first-order valence-corrected chi connectivity index (χ1v) is 7.46. The zero-order chi connectivity index (χ0) is 14.7. The summed E-state index contributed by atoms with van der Waals surface area (Å²) in [6, 6.07) is 10.5. The van der Waals surface area contributed by atoms with Crippen molar-refractivity contribution in [2.24, 2.45) is 7.05 Å². The Morgan fingerprint density at radius 2 is 2.19 bits per heavy atom. The minimum Gasteiger partial charge on any atom is -0.459 e. The molecule has 0 bridgehead atoms. The summed E-state index contributed by atoms with van der Waals surface area (Å²) >= 11 is 0. The average Bonchev–Trinajstić information content (AvgIpc) is 3.09. The van der Waals surface area contributed by atoms with E-state index in [1.807, 2.05) is 37.6 Å². The number of nitrogens with zero attached hydrogens (tertiary/aromatic N) is 2. The first-order chi connectivity index (χ1) is 10.3. The van der Waals surface area contributed by atoms with Gasteiger partial charge in [0.05, 0.1) is 6.04 Å². The van der Waals surface area contributed by atoms with Gasteiger partial charge in [-0.1, -0.05) is 25.1 Å². The maximum Gasteiger partial charge on any atom is 0.134 e. The van der Waals surface area contributed by atoms with Crippen molar-refractivity contribution in [2.45, 2.75) is 25.8 Å². The van der Waals surface area contributed by atoms with E-state index >= 15 is 0 Å². The number of benzene rings is 1. The minimum atomic E-state index is 0.221. The molecule has 0 aliphatic carbocycles. The van der Waals surface area contributed by atoms with Crippen molar-refractivity contribution in [1.29, 1.82) is 0 Å². The van der Waals surface area contributed by atoms with Crippen LogP contribution in [0.3, 0.4) is 0 Å². The topological polar surface area (TPSA) is 43.0 Å². The van der Waals surface area contributed by atoms with E-state index in [-0.39, 0.29) is 6.04 Å². The van der Waals surface area contributed by atoms with Crippen LogP contribution in [-0.2, 0) is 13.5 Å². The number of furan rings is 1. The van der Waals surface area contributed by atoms with Crippen LogP contribution in [0, 0.1) is 0 Å². The SMILES string of the molecule is CCNC(CCc1nccn1C)c1cc2ccccc2o1. The van der Waals surface area contributed by atoms with E-state index in [1.165, 1.54) is 0 Å². The third-order valence-corrected chi connectivity index (χ3v) is 3.82. The van der Waals surface area contributed by atoms with Crippen LogP contribution >= 0.6 is 0 Å². The number of para-hydroxylation sites is 1. The van der Waals surface area contributed by atoms with Gasteiger partial charge in [0, 0.05) is 31.2 Å². The van der Waals surface area contributed by atoms with E-state index in [1.54, 1.807) is 0 Å². The molecule has 1 N–H and O–H groups in total. The van der Waals surface area contributed by atoms with Gasteiger partial charge in [-0.3, -0.25) is 0 Å². The van der Waals surface area contributed by atoms with Crippen LogP contribution in [0.25, 0.3) is 11.0 Å². The Morgan fingerprint density at radius 3 is 2.90 bits per heavy atom. The predicted molar refractivity (Wildman–Crippen MR) is 84.2 cm³/mol. The summed E-state index contributed by atoms with van der Waals surface area (Å²) in [6.45, 7) is 3.04. The van der Waals surface area contributed by atoms with Gasteiger partial charge >= 0.3 is 0 Å². The molecule has 1 unspecified atom stereocenters. The van der Waals surface area contributed by atoms with E-state index < -0.39 is 0 Å². The number of hydrogen-bond acceptors (Lipinski definition) is 3. The summed E-state index contributed by atoms with van der Waals surface area (Å²) in [5.74, 6) is 2.11. The lowest BCUT2D eigenvalue weighted by Crippen LogP contribution is -2.21. The van der Waals surface area contributed by atoms with Crippen LogP contribution in [-0.4, -0.2) is 16.1 Å². The first kappa shape index (κ1) is 13.9. The molecule has 1 aromatic carbocycles. The first-order valence-electron chi connectivity index (χ1n) is 7.46. The predicted octanol–water partition coefficient (Wildman–Crippen LogP) is 3.45. The molecule has 4 nitrogen and oxygen atoms in total. The van der Waals surface area contributed by atoms with Gasteiger partial charge in [-0.15, -0.1) is 0 Å². The lowest BCUT2D eigenvalue weighted by Gasteiger charge is -2.15. The molecule has 3 aromatic rings. The molecule has 1 atom stereocenters. The van der Waals surface area contributed by atoms with Gasteiger partial charge in [0.25, 0.3) is 0 Å². The normalized spacial score (nSPS) is 12.9. The Balaban J connectivity index is 1.78. The molecule has 0 saturated heterocycles. The molecule has 21 heavy (non-hydrogen) atoms. The third-order valence-electron chi connectivity index (χ3n) is 3.82. The molecule has 0 aliphatic rings. The van der Waals surface area contributed by atoms with Crippen LogP contribution in [0.15, 0.2) is 47.1 Å². The fourth-order valence-electron chi connectivity index (χ4n) is 2.68. The molecule has 0 aliphatic heterocycles. The summed E-state index contributed by atoms with van der Waals surface area (Å²) in [6.07, 6.45) is 5.73. The summed E-state index contributed by atoms with van der Waals surface area (Å²) in [7, 11) is 2.03. The van der Waals surface area contributed by atoms with Crippen molar-refractivity contribution in [1.82, 2.24) is 14.9 Å². The largest absolute Gasteiger partial charge is 0.459 e. The van der Waals surface area contributed by atoms with Gasteiger partial charge in [0.1, 0.15) is 17.2 Å². The molecule has 0 radical (unpaired) electrons. The molecule has 110 valence electrons. The number of nitrogens with one attached hydrogen (secondary N) is 1. The van der Waals surface area contributed by atoms with E-state index in [0.29, 0.717) is 0 Å².